The van der Waals surface area contributed by atoms with Gasteiger partial charge in [-0.1, -0.05) is 37.1 Å². The first-order valence-corrected chi connectivity index (χ1v) is 7.68. The van der Waals surface area contributed by atoms with Crippen molar-refractivity contribution in [2.45, 2.75) is 19.8 Å². The summed E-state index contributed by atoms with van der Waals surface area (Å²) in [5, 5.41) is 1.39. The minimum absolute atomic E-state index is 0.165. The average Bonchev–Trinajstić information content (AvgIpc) is 2.46. The van der Waals surface area contributed by atoms with Gasteiger partial charge < -0.3 is 0 Å². The van der Waals surface area contributed by atoms with Crippen LogP contribution in [0.4, 0.5) is 8.78 Å². The van der Waals surface area contributed by atoms with Crippen molar-refractivity contribution in [3.8, 4) is 5.69 Å². The van der Waals surface area contributed by atoms with Crippen LogP contribution >= 0.6 is 11.6 Å². The van der Waals surface area contributed by atoms with Crippen LogP contribution in [0.15, 0.2) is 47.3 Å². The molecule has 0 saturated heterocycles. The van der Waals surface area contributed by atoms with E-state index in [1.165, 1.54) is 4.57 Å². The van der Waals surface area contributed by atoms with Crippen molar-refractivity contribution in [1.29, 1.82) is 0 Å². The Bertz CT molecular complexity index is 929. The Morgan fingerprint density at radius 2 is 1.78 bits per heavy atom. The molecule has 0 N–H and O–H groups in total. The number of rotatable bonds is 3. The summed E-state index contributed by atoms with van der Waals surface area (Å²) in [7, 11) is 0. The lowest BCUT2D eigenvalue weighted by molar-refractivity contribution is 0.580. The number of nitrogens with zero attached hydrogens (tertiary/aromatic N) is 1. The van der Waals surface area contributed by atoms with Crippen LogP contribution in [0, 0.1) is 11.6 Å². The van der Waals surface area contributed by atoms with Crippen LogP contribution in [0.2, 0.25) is 5.02 Å². The molecule has 0 atom stereocenters. The number of aryl methyl sites for hydroxylation is 1. The zero-order valence-electron chi connectivity index (χ0n) is 12.4. The van der Waals surface area contributed by atoms with Crippen LogP contribution in [0.1, 0.15) is 19.0 Å². The van der Waals surface area contributed by atoms with Gasteiger partial charge in [-0.05, 0) is 36.1 Å². The molecule has 3 rings (SSSR count). The maximum atomic E-state index is 13.6. The van der Waals surface area contributed by atoms with Crippen molar-refractivity contribution in [2.24, 2.45) is 0 Å². The van der Waals surface area contributed by atoms with E-state index in [-0.39, 0.29) is 11.2 Å². The Morgan fingerprint density at radius 1 is 1.09 bits per heavy atom. The third kappa shape index (κ3) is 2.86. The van der Waals surface area contributed by atoms with Gasteiger partial charge in [-0.25, -0.2) is 8.78 Å². The highest BCUT2D eigenvalue weighted by atomic mass is 35.5. The molecule has 2 nitrogen and oxygen atoms in total. The lowest BCUT2D eigenvalue weighted by Gasteiger charge is -2.15. The lowest BCUT2D eigenvalue weighted by Crippen LogP contribution is -2.22. The number of benzene rings is 2. The Hall–Kier alpha value is -2.20. The van der Waals surface area contributed by atoms with E-state index < -0.39 is 11.6 Å². The molecule has 118 valence electrons. The van der Waals surface area contributed by atoms with Gasteiger partial charge in [0.2, 0.25) is 0 Å². The van der Waals surface area contributed by atoms with Crippen molar-refractivity contribution < 1.29 is 8.78 Å². The molecule has 0 unspecified atom stereocenters. The Balaban J connectivity index is 2.42. The smallest absolute Gasteiger partial charge is 0.264 e. The Morgan fingerprint density at radius 3 is 2.43 bits per heavy atom. The summed E-state index contributed by atoms with van der Waals surface area (Å²) in [4.78, 5) is 12.9. The molecule has 0 amide bonds. The van der Waals surface area contributed by atoms with Crippen LogP contribution in [0.25, 0.3) is 16.5 Å². The molecular formula is C18H14ClF2NO. The van der Waals surface area contributed by atoms with Gasteiger partial charge in [0.05, 0.1) is 16.1 Å². The van der Waals surface area contributed by atoms with Gasteiger partial charge in [-0.15, -0.1) is 0 Å². The summed E-state index contributed by atoms with van der Waals surface area (Å²) in [5.41, 5.74) is 0.483. The van der Waals surface area contributed by atoms with Crippen LogP contribution in [0.3, 0.4) is 0 Å². The Labute approximate surface area is 136 Å². The molecule has 5 heteroatoms. The molecule has 0 spiro atoms. The summed E-state index contributed by atoms with van der Waals surface area (Å²) >= 11 is 6.15. The van der Waals surface area contributed by atoms with Crippen LogP contribution in [0.5, 0.6) is 0 Å². The van der Waals surface area contributed by atoms with Gasteiger partial charge in [0.25, 0.3) is 5.56 Å². The molecule has 0 saturated carbocycles. The second kappa shape index (κ2) is 6.13. The second-order valence-corrected chi connectivity index (χ2v) is 5.77. The van der Waals surface area contributed by atoms with Gasteiger partial charge in [-0.2, -0.15) is 0 Å². The molecule has 1 heterocycles. The fraction of sp³-hybridized carbons (Fsp3) is 0.167. The molecular weight excluding hydrogens is 320 g/mol. The van der Waals surface area contributed by atoms with E-state index in [0.717, 1.165) is 30.0 Å². The fourth-order valence-electron chi connectivity index (χ4n) is 2.76. The van der Waals surface area contributed by atoms with Crippen molar-refractivity contribution in [1.82, 2.24) is 4.57 Å². The number of hydrogen-bond acceptors (Lipinski definition) is 1. The van der Waals surface area contributed by atoms with Crippen LogP contribution < -0.4 is 5.56 Å². The lowest BCUT2D eigenvalue weighted by atomic mass is 10.1. The molecule has 3 aromatic rings. The quantitative estimate of drug-likeness (QED) is 0.670. The highest BCUT2D eigenvalue weighted by Gasteiger charge is 2.14. The number of hydrogen-bond donors (Lipinski definition) is 0. The highest BCUT2D eigenvalue weighted by molar-refractivity contribution is 6.35. The maximum Gasteiger partial charge on any atom is 0.264 e. The average molecular weight is 334 g/mol. The molecule has 2 aromatic carbocycles. The van der Waals surface area contributed by atoms with E-state index in [0.29, 0.717) is 22.5 Å². The number of pyridine rings is 1. The normalized spacial score (nSPS) is 11.1. The predicted molar refractivity (Wildman–Crippen MR) is 88.5 cm³/mol. The summed E-state index contributed by atoms with van der Waals surface area (Å²) in [6.45, 7) is 1.98. The number of fused-ring (bicyclic) bond motifs is 1. The molecule has 0 aliphatic heterocycles. The van der Waals surface area contributed by atoms with E-state index in [2.05, 4.69) is 0 Å². The van der Waals surface area contributed by atoms with Crippen molar-refractivity contribution in [3.05, 3.63) is 75.2 Å². The first-order chi connectivity index (χ1) is 11.0. The zero-order valence-corrected chi connectivity index (χ0v) is 13.2. The minimum atomic E-state index is -0.728. The van der Waals surface area contributed by atoms with Gasteiger partial charge in [-0.3, -0.25) is 9.36 Å². The Kier molecular flexibility index (Phi) is 4.18. The topological polar surface area (TPSA) is 22.0 Å². The maximum absolute atomic E-state index is 13.6. The molecule has 23 heavy (non-hydrogen) atoms. The summed E-state index contributed by atoms with van der Waals surface area (Å²) in [5.74, 6) is -1.46. The van der Waals surface area contributed by atoms with Gasteiger partial charge >= 0.3 is 0 Å². The van der Waals surface area contributed by atoms with Crippen LogP contribution in [-0.2, 0) is 6.42 Å². The molecule has 0 aliphatic rings. The van der Waals surface area contributed by atoms with E-state index >= 15 is 0 Å². The van der Waals surface area contributed by atoms with E-state index in [1.54, 1.807) is 18.2 Å². The van der Waals surface area contributed by atoms with E-state index in [9.17, 15) is 13.6 Å². The van der Waals surface area contributed by atoms with E-state index in [4.69, 9.17) is 11.6 Å². The van der Waals surface area contributed by atoms with E-state index in [1.807, 2.05) is 13.0 Å². The standard InChI is InChI=1S/C18H14ClF2NO/c1-2-4-14-7-11-5-3-6-16(19)17(11)18(23)22(14)15-9-12(20)8-13(21)10-15/h3,5-10H,2,4H2,1H3. The largest absolute Gasteiger partial charge is 0.281 e. The zero-order chi connectivity index (χ0) is 16.6. The van der Waals surface area contributed by atoms with Gasteiger partial charge in [0.1, 0.15) is 11.6 Å². The van der Waals surface area contributed by atoms with Crippen LogP contribution in [-0.4, -0.2) is 4.57 Å². The first kappa shape index (κ1) is 15.7. The summed E-state index contributed by atoms with van der Waals surface area (Å²) in [6.07, 6.45) is 1.40. The molecule has 0 bridgehead atoms. The third-order valence-corrected chi connectivity index (χ3v) is 4.00. The van der Waals surface area contributed by atoms with Gasteiger partial charge in [0, 0.05) is 11.8 Å². The molecule has 1 aromatic heterocycles. The third-order valence-electron chi connectivity index (χ3n) is 3.68. The number of halogens is 3. The summed E-state index contributed by atoms with van der Waals surface area (Å²) in [6, 6.07) is 10.1. The monoisotopic (exact) mass is 333 g/mol. The summed E-state index contributed by atoms with van der Waals surface area (Å²) < 4.78 is 28.5. The first-order valence-electron chi connectivity index (χ1n) is 7.31. The van der Waals surface area contributed by atoms with Gasteiger partial charge in [0.15, 0.2) is 0 Å². The fourth-order valence-corrected chi connectivity index (χ4v) is 3.03. The molecule has 0 aliphatic carbocycles. The number of aromatic nitrogens is 1. The van der Waals surface area contributed by atoms with Crippen molar-refractivity contribution >= 4 is 22.4 Å². The SMILES string of the molecule is CCCc1cc2cccc(Cl)c2c(=O)n1-c1cc(F)cc(F)c1. The second-order valence-electron chi connectivity index (χ2n) is 5.36. The van der Waals surface area contributed by atoms with Crippen molar-refractivity contribution in [3.63, 3.8) is 0 Å². The minimum Gasteiger partial charge on any atom is -0.281 e. The predicted octanol–water partition coefficient (Wildman–Crippen LogP) is 4.87. The van der Waals surface area contributed by atoms with Crippen molar-refractivity contribution in [2.75, 3.05) is 0 Å². The molecule has 0 fully saturated rings. The highest BCUT2D eigenvalue weighted by Crippen LogP contribution is 2.23. The molecule has 0 radical (unpaired) electrons.